The third-order valence-corrected chi connectivity index (χ3v) is 4.82. The highest BCUT2D eigenvalue weighted by Gasteiger charge is 2.32. The molecule has 1 saturated carbocycles. The Balaban J connectivity index is 1.50. The zero-order valence-corrected chi connectivity index (χ0v) is 14.9. The van der Waals surface area contributed by atoms with E-state index in [4.69, 9.17) is 9.47 Å². The van der Waals surface area contributed by atoms with Gasteiger partial charge in [0.25, 0.3) is 0 Å². The third kappa shape index (κ3) is 5.33. The van der Waals surface area contributed by atoms with Gasteiger partial charge >= 0.3 is 11.9 Å². The van der Waals surface area contributed by atoms with Crippen molar-refractivity contribution < 1.29 is 19.1 Å². The first-order chi connectivity index (χ1) is 12.2. The molecule has 2 aromatic rings. The number of esters is 2. The Morgan fingerprint density at radius 3 is 1.80 bits per heavy atom. The van der Waals surface area contributed by atoms with Crippen LogP contribution in [-0.4, -0.2) is 34.1 Å². The zero-order chi connectivity index (χ0) is 17.5. The lowest BCUT2D eigenvalue weighted by atomic mass is 10.2. The van der Waals surface area contributed by atoms with Crippen LogP contribution in [0.4, 0.5) is 0 Å². The van der Waals surface area contributed by atoms with Crippen LogP contribution in [0.25, 0.3) is 12.2 Å². The molecule has 2 atom stereocenters. The van der Waals surface area contributed by atoms with Gasteiger partial charge in [-0.05, 0) is 31.4 Å². The van der Waals surface area contributed by atoms with Crippen molar-refractivity contribution in [1.29, 1.82) is 0 Å². The molecule has 130 valence electrons. The molecule has 0 saturated heterocycles. The topological polar surface area (TPSA) is 78.4 Å². The number of hydrogen-bond acceptors (Lipinski definition) is 8. The van der Waals surface area contributed by atoms with Gasteiger partial charge in [0, 0.05) is 22.9 Å². The molecule has 2 heterocycles. The number of carbonyl (C=O) groups is 2. The van der Waals surface area contributed by atoms with Crippen molar-refractivity contribution in [3.8, 4) is 0 Å². The minimum atomic E-state index is -0.459. The van der Waals surface area contributed by atoms with E-state index in [2.05, 4.69) is 9.97 Å². The second-order valence-corrected chi connectivity index (χ2v) is 6.81. The fourth-order valence-electron chi connectivity index (χ4n) is 2.45. The van der Waals surface area contributed by atoms with Crippen molar-refractivity contribution in [1.82, 2.24) is 9.97 Å². The van der Waals surface area contributed by atoms with E-state index in [1.807, 2.05) is 10.8 Å². The molecule has 25 heavy (non-hydrogen) atoms. The van der Waals surface area contributed by atoms with Crippen LogP contribution < -0.4 is 0 Å². The summed E-state index contributed by atoms with van der Waals surface area (Å²) in [6.07, 6.45) is 7.28. The van der Waals surface area contributed by atoms with Gasteiger partial charge in [-0.1, -0.05) is 0 Å². The molecule has 3 rings (SSSR count). The molecule has 0 radical (unpaired) electrons. The van der Waals surface area contributed by atoms with Crippen molar-refractivity contribution in [2.45, 2.75) is 31.5 Å². The molecule has 8 heteroatoms. The van der Waals surface area contributed by atoms with Crippen LogP contribution in [0.5, 0.6) is 0 Å². The van der Waals surface area contributed by atoms with Gasteiger partial charge in [-0.15, -0.1) is 22.7 Å². The molecule has 0 N–H and O–H groups in total. The summed E-state index contributed by atoms with van der Waals surface area (Å²) in [7, 11) is 0. The molecule has 2 aromatic heterocycles. The van der Waals surface area contributed by atoms with E-state index in [-0.39, 0.29) is 0 Å². The number of thiazole rings is 2. The first-order valence-electron chi connectivity index (χ1n) is 7.74. The van der Waals surface area contributed by atoms with Crippen LogP contribution in [-0.2, 0) is 19.1 Å². The molecule has 0 aromatic carbocycles. The average Bonchev–Trinajstić information content (AvgIpc) is 3.35. The van der Waals surface area contributed by atoms with Crippen molar-refractivity contribution in [3.05, 3.63) is 45.3 Å². The summed E-state index contributed by atoms with van der Waals surface area (Å²) >= 11 is 2.91. The molecule has 1 aliphatic rings. The van der Waals surface area contributed by atoms with Gasteiger partial charge in [0.05, 0.1) is 22.4 Å². The van der Waals surface area contributed by atoms with E-state index in [0.29, 0.717) is 24.2 Å². The van der Waals surface area contributed by atoms with Crippen LogP contribution in [0.3, 0.4) is 0 Å². The molecule has 0 unspecified atom stereocenters. The minimum absolute atomic E-state index is 0.413. The van der Waals surface area contributed by atoms with Crippen LogP contribution in [0.15, 0.2) is 33.9 Å². The van der Waals surface area contributed by atoms with Crippen LogP contribution >= 0.6 is 22.7 Å². The standard InChI is InChI=1S/C17H16N2O4S2/c20-16(6-4-12-8-24-10-18-12)22-14-2-1-3-15(14)23-17(21)7-5-13-9-25-11-19-13/h4-11,14-15H,1-3H2/b6-4+,7-5+/t14-,15+. The van der Waals surface area contributed by atoms with Gasteiger partial charge < -0.3 is 9.47 Å². The SMILES string of the molecule is O=C(/C=C/c1cscn1)O[C@H]1CCC[C@H]1OC(=O)/C=C/c1cscn1. The number of carbonyl (C=O) groups excluding carboxylic acids is 2. The number of aromatic nitrogens is 2. The Hall–Kier alpha value is -2.32. The second kappa shape index (κ2) is 8.68. The van der Waals surface area contributed by atoms with Gasteiger partial charge in [-0.2, -0.15) is 0 Å². The van der Waals surface area contributed by atoms with E-state index in [9.17, 15) is 9.59 Å². The maximum Gasteiger partial charge on any atom is 0.331 e. The zero-order valence-electron chi connectivity index (χ0n) is 13.2. The van der Waals surface area contributed by atoms with E-state index < -0.39 is 24.1 Å². The van der Waals surface area contributed by atoms with E-state index >= 15 is 0 Å². The first-order valence-corrected chi connectivity index (χ1v) is 9.63. The Bertz CT molecular complexity index is 689. The average molecular weight is 376 g/mol. The quantitative estimate of drug-likeness (QED) is 0.568. The monoisotopic (exact) mass is 376 g/mol. The van der Waals surface area contributed by atoms with Crippen LogP contribution in [0.2, 0.25) is 0 Å². The molecule has 0 spiro atoms. The molecule has 1 aliphatic carbocycles. The predicted molar refractivity (Wildman–Crippen MR) is 95.9 cm³/mol. The highest BCUT2D eigenvalue weighted by Crippen LogP contribution is 2.25. The Morgan fingerprint density at radius 2 is 1.40 bits per heavy atom. The van der Waals surface area contributed by atoms with E-state index in [1.165, 1.54) is 34.8 Å². The molecule has 1 fully saturated rings. The lowest BCUT2D eigenvalue weighted by Gasteiger charge is -2.19. The first kappa shape index (κ1) is 17.5. The predicted octanol–water partition coefficient (Wildman–Crippen LogP) is 3.33. The normalized spacial score (nSPS) is 20.3. The fraction of sp³-hybridized carbons (Fsp3) is 0.294. The van der Waals surface area contributed by atoms with Crippen molar-refractivity contribution in [3.63, 3.8) is 0 Å². The van der Waals surface area contributed by atoms with E-state index in [1.54, 1.807) is 23.2 Å². The summed E-state index contributed by atoms with van der Waals surface area (Å²) in [6, 6.07) is 0. The van der Waals surface area contributed by atoms with Gasteiger partial charge in [0.2, 0.25) is 0 Å². The Kier molecular flexibility index (Phi) is 6.08. The molecule has 0 aliphatic heterocycles. The van der Waals surface area contributed by atoms with Crippen LogP contribution in [0, 0.1) is 0 Å². The number of hydrogen-bond donors (Lipinski definition) is 0. The van der Waals surface area contributed by atoms with E-state index in [0.717, 1.165) is 6.42 Å². The summed E-state index contributed by atoms with van der Waals surface area (Å²) in [4.78, 5) is 31.9. The molecule has 0 bridgehead atoms. The minimum Gasteiger partial charge on any atom is -0.455 e. The van der Waals surface area contributed by atoms with Gasteiger partial charge in [-0.25, -0.2) is 19.6 Å². The van der Waals surface area contributed by atoms with Crippen LogP contribution in [0.1, 0.15) is 30.7 Å². The molecule has 0 amide bonds. The fourth-order valence-corrected chi connectivity index (χ4v) is 3.50. The number of nitrogens with zero attached hydrogens (tertiary/aromatic N) is 2. The van der Waals surface area contributed by atoms with Crippen molar-refractivity contribution in [2.24, 2.45) is 0 Å². The number of rotatable bonds is 6. The van der Waals surface area contributed by atoms with Crippen molar-refractivity contribution >= 4 is 46.8 Å². The maximum atomic E-state index is 11.9. The largest absolute Gasteiger partial charge is 0.455 e. The highest BCUT2D eigenvalue weighted by atomic mass is 32.1. The lowest BCUT2D eigenvalue weighted by Crippen LogP contribution is -2.29. The lowest BCUT2D eigenvalue weighted by molar-refractivity contribution is -0.158. The smallest absolute Gasteiger partial charge is 0.331 e. The molecular formula is C17H16N2O4S2. The highest BCUT2D eigenvalue weighted by molar-refractivity contribution is 7.07. The Labute approximate surface area is 152 Å². The van der Waals surface area contributed by atoms with Gasteiger partial charge in [-0.3, -0.25) is 0 Å². The summed E-state index contributed by atoms with van der Waals surface area (Å²) in [6.45, 7) is 0. The summed E-state index contributed by atoms with van der Waals surface area (Å²) in [5.74, 6) is -0.919. The number of ether oxygens (including phenoxy) is 2. The van der Waals surface area contributed by atoms with Gasteiger partial charge in [0.15, 0.2) is 0 Å². The summed E-state index contributed by atoms with van der Waals surface area (Å²) < 4.78 is 10.8. The summed E-state index contributed by atoms with van der Waals surface area (Å²) in [5.41, 5.74) is 4.81. The second-order valence-electron chi connectivity index (χ2n) is 5.37. The van der Waals surface area contributed by atoms with Gasteiger partial charge in [0.1, 0.15) is 12.2 Å². The third-order valence-electron chi connectivity index (χ3n) is 3.61. The Morgan fingerprint density at radius 1 is 0.920 bits per heavy atom. The summed E-state index contributed by atoms with van der Waals surface area (Å²) in [5, 5.41) is 3.66. The molecular weight excluding hydrogens is 360 g/mol. The molecule has 6 nitrogen and oxygen atoms in total. The van der Waals surface area contributed by atoms with Crippen molar-refractivity contribution in [2.75, 3.05) is 0 Å². The maximum absolute atomic E-state index is 11.9.